The Balaban J connectivity index is 1.24. The second-order valence-electron chi connectivity index (χ2n) is 7.98. The fraction of sp³-hybridized carbons (Fsp3) is 0.360. The zero-order valence-corrected chi connectivity index (χ0v) is 18.2. The summed E-state index contributed by atoms with van der Waals surface area (Å²) in [5.74, 6) is 1.51. The SMILES string of the molecule is CN=C(NCc1ccc(CN2CCCCC2)cc1)NCc1cc(-c2ccccc2)on1. The fourth-order valence-corrected chi connectivity index (χ4v) is 3.85. The second kappa shape index (κ2) is 10.8. The molecule has 0 unspecified atom stereocenters. The van der Waals surface area contributed by atoms with E-state index in [4.69, 9.17) is 4.52 Å². The molecule has 1 saturated heterocycles. The van der Waals surface area contributed by atoms with Gasteiger partial charge in [0.2, 0.25) is 0 Å². The van der Waals surface area contributed by atoms with Gasteiger partial charge in [0.25, 0.3) is 0 Å². The molecule has 1 aliphatic rings. The van der Waals surface area contributed by atoms with E-state index >= 15 is 0 Å². The van der Waals surface area contributed by atoms with Crippen molar-refractivity contribution in [2.75, 3.05) is 20.1 Å². The van der Waals surface area contributed by atoms with Crippen molar-refractivity contribution in [1.29, 1.82) is 0 Å². The zero-order chi connectivity index (χ0) is 21.3. The molecule has 0 amide bonds. The van der Waals surface area contributed by atoms with Gasteiger partial charge in [-0.3, -0.25) is 9.89 Å². The third-order valence-electron chi connectivity index (χ3n) is 5.62. The standard InChI is InChI=1S/C25H31N5O/c1-26-25(28-18-23-16-24(31-29-23)22-8-4-2-5-9-22)27-17-20-10-12-21(13-11-20)19-30-14-6-3-7-15-30/h2,4-5,8-13,16H,3,6-7,14-15,17-19H2,1H3,(H2,26,27,28). The highest BCUT2D eigenvalue weighted by Crippen LogP contribution is 2.19. The number of likely N-dealkylation sites (tertiary alicyclic amines) is 1. The molecule has 3 aromatic rings. The minimum Gasteiger partial charge on any atom is -0.356 e. The van der Waals surface area contributed by atoms with E-state index in [-0.39, 0.29) is 0 Å². The van der Waals surface area contributed by atoms with Crippen LogP contribution in [0, 0.1) is 0 Å². The predicted octanol–water partition coefficient (Wildman–Crippen LogP) is 4.19. The highest BCUT2D eigenvalue weighted by atomic mass is 16.5. The topological polar surface area (TPSA) is 65.7 Å². The molecule has 1 aliphatic heterocycles. The Morgan fingerprint density at radius 1 is 0.935 bits per heavy atom. The summed E-state index contributed by atoms with van der Waals surface area (Å²) in [6, 6.07) is 20.8. The minimum absolute atomic E-state index is 0.546. The molecule has 0 saturated carbocycles. The van der Waals surface area contributed by atoms with Crippen molar-refractivity contribution in [2.45, 2.75) is 38.9 Å². The van der Waals surface area contributed by atoms with Crippen molar-refractivity contribution in [1.82, 2.24) is 20.7 Å². The van der Waals surface area contributed by atoms with Gasteiger partial charge in [0, 0.05) is 31.8 Å². The van der Waals surface area contributed by atoms with E-state index in [9.17, 15) is 0 Å². The van der Waals surface area contributed by atoms with E-state index in [1.807, 2.05) is 36.4 Å². The highest BCUT2D eigenvalue weighted by Gasteiger charge is 2.10. The smallest absolute Gasteiger partial charge is 0.191 e. The lowest BCUT2D eigenvalue weighted by molar-refractivity contribution is 0.221. The van der Waals surface area contributed by atoms with E-state index in [1.54, 1.807) is 7.05 Å². The van der Waals surface area contributed by atoms with E-state index < -0.39 is 0 Å². The molecule has 4 rings (SSSR count). The average molecular weight is 418 g/mol. The average Bonchev–Trinajstić information content (AvgIpc) is 3.31. The molecule has 0 radical (unpaired) electrons. The molecule has 1 aromatic heterocycles. The van der Waals surface area contributed by atoms with Crippen molar-refractivity contribution in [3.8, 4) is 11.3 Å². The number of hydrogen-bond acceptors (Lipinski definition) is 4. The first-order valence-electron chi connectivity index (χ1n) is 11.1. The molecule has 0 atom stereocenters. The molecule has 31 heavy (non-hydrogen) atoms. The molecule has 2 heterocycles. The maximum absolute atomic E-state index is 5.46. The molecule has 1 fully saturated rings. The molecule has 162 valence electrons. The Labute approximate surface area is 184 Å². The number of hydrogen-bond donors (Lipinski definition) is 2. The van der Waals surface area contributed by atoms with Crippen molar-refractivity contribution >= 4 is 5.96 Å². The van der Waals surface area contributed by atoms with Crippen LogP contribution in [-0.2, 0) is 19.6 Å². The fourth-order valence-electron chi connectivity index (χ4n) is 3.85. The zero-order valence-electron chi connectivity index (χ0n) is 18.2. The van der Waals surface area contributed by atoms with E-state index in [0.717, 1.165) is 36.1 Å². The van der Waals surface area contributed by atoms with Gasteiger partial charge in [0.15, 0.2) is 11.7 Å². The molecule has 0 bridgehead atoms. The van der Waals surface area contributed by atoms with Crippen LogP contribution in [0.4, 0.5) is 0 Å². The Morgan fingerprint density at radius 3 is 2.39 bits per heavy atom. The van der Waals surface area contributed by atoms with Crippen LogP contribution >= 0.6 is 0 Å². The number of rotatable bonds is 7. The van der Waals surface area contributed by atoms with Gasteiger partial charge in [-0.2, -0.15) is 0 Å². The summed E-state index contributed by atoms with van der Waals surface area (Å²) in [4.78, 5) is 6.86. The summed E-state index contributed by atoms with van der Waals surface area (Å²) in [6.07, 6.45) is 4.04. The lowest BCUT2D eigenvalue weighted by Gasteiger charge is -2.26. The lowest BCUT2D eigenvalue weighted by atomic mass is 10.1. The summed E-state index contributed by atoms with van der Waals surface area (Å²) in [5.41, 5.74) is 4.47. The number of aromatic nitrogens is 1. The molecular weight excluding hydrogens is 386 g/mol. The van der Waals surface area contributed by atoms with Crippen molar-refractivity contribution in [2.24, 2.45) is 4.99 Å². The van der Waals surface area contributed by atoms with Crippen LogP contribution in [0.1, 0.15) is 36.1 Å². The van der Waals surface area contributed by atoms with Gasteiger partial charge >= 0.3 is 0 Å². The molecule has 2 N–H and O–H groups in total. The van der Waals surface area contributed by atoms with Gasteiger partial charge < -0.3 is 15.2 Å². The maximum atomic E-state index is 5.46. The van der Waals surface area contributed by atoms with Gasteiger partial charge in [-0.15, -0.1) is 0 Å². The van der Waals surface area contributed by atoms with Crippen molar-refractivity contribution < 1.29 is 4.52 Å². The van der Waals surface area contributed by atoms with Gasteiger partial charge in [-0.1, -0.05) is 66.2 Å². The number of guanidine groups is 1. The third-order valence-corrected chi connectivity index (χ3v) is 5.62. The predicted molar refractivity (Wildman–Crippen MR) is 125 cm³/mol. The van der Waals surface area contributed by atoms with Crippen molar-refractivity contribution in [3.63, 3.8) is 0 Å². The maximum Gasteiger partial charge on any atom is 0.191 e. The Kier molecular flexibility index (Phi) is 7.34. The Bertz CT molecular complexity index is 959. The van der Waals surface area contributed by atoms with Crippen LogP contribution in [0.5, 0.6) is 0 Å². The number of benzene rings is 2. The first-order valence-corrected chi connectivity index (χ1v) is 11.1. The van der Waals surface area contributed by atoms with Crippen LogP contribution in [0.2, 0.25) is 0 Å². The van der Waals surface area contributed by atoms with Gasteiger partial charge in [-0.25, -0.2) is 0 Å². The molecule has 6 heteroatoms. The van der Waals surface area contributed by atoms with Crippen molar-refractivity contribution in [3.05, 3.63) is 77.5 Å². The quantitative estimate of drug-likeness (QED) is 0.446. The van der Waals surface area contributed by atoms with Crippen LogP contribution in [0.15, 0.2) is 70.2 Å². The summed E-state index contributed by atoms with van der Waals surface area (Å²) >= 11 is 0. The summed E-state index contributed by atoms with van der Waals surface area (Å²) < 4.78 is 5.46. The van der Waals surface area contributed by atoms with Crippen LogP contribution in [0.25, 0.3) is 11.3 Å². The minimum atomic E-state index is 0.546. The number of nitrogens with one attached hydrogen (secondary N) is 2. The largest absolute Gasteiger partial charge is 0.356 e. The summed E-state index contributed by atoms with van der Waals surface area (Å²) in [5, 5.41) is 10.8. The Morgan fingerprint density at radius 2 is 1.65 bits per heavy atom. The molecule has 0 spiro atoms. The summed E-state index contributed by atoms with van der Waals surface area (Å²) in [6.45, 7) is 4.77. The second-order valence-corrected chi connectivity index (χ2v) is 7.98. The van der Waals surface area contributed by atoms with Gasteiger partial charge in [0.05, 0.1) is 6.54 Å². The molecule has 2 aromatic carbocycles. The van der Waals surface area contributed by atoms with Gasteiger partial charge in [-0.05, 0) is 37.1 Å². The lowest BCUT2D eigenvalue weighted by Crippen LogP contribution is -2.36. The molecular formula is C25H31N5O. The highest BCUT2D eigenvalue weighted by molar-refractivity contribution is 5.79. The van der Waals surface area contributed by atoms with E-state index in [0.29, 0.717) is 6.54 Å². The van der Waals surface area contributed by atoms with Gasteiger partial charge in [0.1, 0.15) is 5.69 Å². The normalized spacial score (nSPS) is 15.1. The third kappa shape index (κ3) is 6.18. The van der Waals surface area contributed by atoms with Crippen LogP contribution in [-0.4, -0.2) is 36.2 Å². The van der Waals surface area contributed by atoms with Crippen LogP contribution in [0.3, 0.4) is 0 Å². The monoisotopic (exact) mass is 417 g/mol. The van der Waals surface area contributed by atoms with E-state index in [2.05, 4.69) is 49.9 Å². The number of nitrogens with zero attached hydrogens (tertiary/aromatic N) is 3. The molecule has 0 aliphatic carbocycles. The van der Waals surface area contributed by atoms with Crippen LogP contribution < -0.4 is 10.6 Å². The first-order chi connectivity index (χ1) is 15.3. The summed E-state index contributed by atoms with van der Waals surface area (Å²) in [7, 11) is 1.77. The number of aliphatic imine (C=N–C) groups is 1. The first kappa shape index (κ1) is 21.1. The van der Waals surface area contributed by atoms with E-state index in [1.165, 1.54) is 43.5 Å². The Hall–Kier alpha value is -3.12. The number of piperidine rings is 1. The molecule has 6 nitrogen and oxygen atoms in total.